The molecule has 0 spiro atoms. The van der Waals surface area contributed by atoms with E-state index in [1.807, 2.05) is 49.5 Å². The van der Waals surface area contributed by atoms with Crippen LogP contribution in [0.4, 0.5) is 0 Å². The summed E-state index contributed by atoms with van der Waals surface area (Å²) in [5.41, 5.74) is 2.17. The average molecular weight is 362 g/mol. The fourth-order valence-electron chi connectivity index (χ4n) is 2.20. The molecule has 0 N–H and O–H groups in total. The van der Waals surface area contributed by atoms with Crippen molar-refractivity contribution in [3.8, 4) is 5.75 Å². The zero-order valence-electron chi connectivity index (χ0n) is 14.6. The normalized spacial score (nSPS) is 10.5. The van der Waals surface area contributed by atoms with E-state index >= 15 is 0 Å². The van der Waals surface area contributed by atoms with Gasteiger partial charge in [-0.1, -0.05) is 42.5 Å². The quantitative estimate of drug-likeness (QED) is 0.529. The predicted octanol–water partition coefficient (Wildman–Crippen LogP) is 3.81. The van der Waals surface area contributed by atoms with Crippen LogP contribution in [-0.4, -0.2) is 38.2 Å². The van der Waals surface area contributed by atoms with Crippen LogP contribution in [0.15, 0.2) is 60.7 Å². The van der Waals surface area contributed by atoms with E-state index in [0.29, 0.717) is 13.2 Å². The van der Waals surface area contributed by atoms with Crippen molar-refractivity contribution in [3.63, 3.8) is 0 Å². The molecule has 0 heterocycles. The molecule has 0 unspecified atom stereocenters. The van der Waals surface area contributed by atoms with Crippen LogP contribution in [0.3, 0.4) is 0 Å². The lowest BCUT2D eigenvalue weighted by atomic mass is 10.2. The van der Waals surface area contributed by atoms with Crippen LogP contribution in [0, 0.1) is 0 Å². The molecule has 0 atom stereocenters. The van der Waals surface area contributed by atoms with Gasteiger partial charge in [0, 0.05) is 19.2 Å². The van der Waals surface area contributed by atoms with Gasteiger partial charge in [-0.2, -0.15) is 0 Å². The molecule has 0 aliphatic heterocycles. The van der Waals surface area contributed by atoms with Gasteiger partial charge in [0.15, 0.2) is 0 Å². The summed E-state index contributed by atoms with van der Waals surface area (Å²) in [5, 5.41) is 0. The Morgan fingerprint density at radius 2 is 1.76 bits per heavy atom. The first-order valence-corrected chi connectivity index (χ1v) is 7.89. The summed E-state index contributed by atoms with van der Waals surface area (Å²) in [6.07, 6.45) is 3.18. The largest absolute Gasteiger partial charge is 0.497 e. The Kier molecular flexibility index (Phi) is 9.37. The van der Waals surface area contributed by atoms with Gasteiger partial charge >= 0.3 is 5.97 Å². The molecule has 0 aromatic heterocycles. The second kappa shape index (κ2) is 11.3. The zero-order chi connectivity index (χ0) is 17.2. The highest BCUT2D eigenvalue weighted by Gasteiger charge is 2.02. The number of hydrogen-bond acceptors (Lipinski definition) is 4. The van der Waals surface area contributed by atoms with E-state index in [1.165, 1.54) is 11.6 Å². The minimum atomic E-state index is -0.334. The SMILES string of the molecule is COc1ccc(/C=C/C(=O)OCCN(C)Cc2ccccc2)cc1.Cl. The van der Waals surface area contributed by atoms with Gasteiger partial charge in [0.1, 0.15) is 12.4 Å². The van der Waals surface area contributed by atoms with Crippen molar-refractivity contribution in [2.45, 2.75) is 6.54 Å². The summed E-state index contributed by atoms with van der Waals surface area (Å²) in [6, 6.07) is 17.7. The summed E-state index contributed by atoms with van der Waals surface area (Å²) >= 11 is 0. The van der Waals surface area contributed by atoms with Gasteiger partial charge in [-0.25, -0.2) is 4.79 Å². The number of rotatable bonds is 8. The Bertz CT molecular complexity index is 656. The van der Waals surface area contributed by atoms with Crippen molar-refractivity contribution in [3.05, 3.63) is 71.8 Å². The molecule has 0 bridgehead atoms. The molecule has 2 aromatic rings. The molecular formula is C20H24ClNO3. The molecule has 4 nitrogen and oxygen atoms in total. The van der Waals surface area contributed by atoms with Gasteiger partial charge in [0.2, 0.25) is 0 Å². The molecule has 0 fully saturated rings. The molecule has 0 saturated carbocycles. The van der Waals surface area contributed by atoms with E-state index in [0.717, 1.165) is 17.9 Å². The van der Waals surface area contributed by atoms with Crippen LogP contribution in [0.1, 0.15) is 11.1 Å². The second-order valence-electron chi connectivity index (χ2n) is 5.50. The first-order valence-electron chi connectivity index (χ1n) is 7.89. The zero-order valence-corrected chi connectivity index (χ0v) is 15.4. The van der Waals surface area contributed by atoms with Crippen molar-refractivity contribution in [1.29, 1.82) is 0 Å². The molecule has 25 heavy (non-hydrogen) atoms. The minimum absolute atomic E-state index is 0. The van der Waals surface area contributed by atoms with Crippen molar-refractivity contribution < 1.29 is 14.3 Å². The maximum Gasteiger partial charge on any atom is 0.330 e. The number of methoxy groups -OCH3 is 1. The number of ether oxygens (including phenoxy) is 2. The first kappa shape index (κ1) is 20.7. The Morgan fingerprint density at radius 3 is 2.40 bits per heavy atom. The van der Waals surface area contributed by atoms with Gasteiger partial charge in [-0.3, -0.25) is 4.90 Å². The van der Waals surface area contributed by atoms with Gasteiger partial charge in [-0.15, -0.1) is 12.4 Å². The number of nitrogens with zero attached hydrogens (tertiary/aromatic N) is 1. The lowest BCUT2D eigenvalue weighted by molar-refractivity contribution is -0.138. The Balaban J connectivity index is 0.00000312. The maximum atomic E-state index is 11.7. The lowest BCUT2D eigenvalue weighted by Crippen LogP contribution is -2.23. The molecule has 0 radical (unpaired) electrons. The number of likely N-dealkylation sites (N-methyl/N-ethyl adjacent to an activating group) is 1. The first-order chi connectivity index (χ1) is 11.7. The third-order valence-electron chi connectivity index (χ3n) is 3.54. The van der Waals surface area contributed by atoms with E-state index in [1.54, 1.807) is 13.2 Å². The fourth-order valence-corrected chi connectivity index (χ4v) is 2.20. The molecule has 0 aliphatic rings. The van der Waals surface area contributed by atoms with Crippen LogP contribution < -0.4 is 4.74 Å². The van der Waals surface area contributed by atoms with E-state index in [2.05, 4.69) is 17.0 Å². The van der Waals surface area contributed by atoms with Crippen LogP contribution in [0.25, 0.3) is 6.08 Å². The highest BCUT2D eigenvalue weighted by Crippen LogP contribution is 2.12. The molecule has 2 rings (SSSR count). The molecule has 0 amide bonds. The van der Waals surface area contributed by atoms with E-state index in [9.17, 15) is 4.79 Å². The summed E-state index contributed by atoms with van der Waals surface area (Å²) in [5.74, 6) is 0.454. The number of benzene rings is 2. The highest BCUT2D eigenvalue weighted by molar-refractivity contribution is 5.87. The Labute approximate surface area is 155 Å². The number of carbonyl (C=O) groups is 1. The van der Waals surface area contributed by atoms with Crippen molar-refractivity contribution in [1.82, 2.24) is 4.90 Å². The number of carbonyl (C=O) groups excluding carboxylic acids is 1. The number of hydrogen-bond donors (Lipinski definition) is 0. The van der Waals surface area contributed by atoms with Crippen LogP contribution in [0.2, 0.25) is 0 Å². The monoisotopic (exact) mass is 361 g/mol. The van der Waals surface area contributed by atoms with Gasteiger partial charge in [-0.05, 0) is 36.4 Å². The molecule has 5 heteroatoms. The summed E-state index contributed by atoms with van der Waals surface area (Å²) in [6.45, 7) is 1.90. The highest BCUT2D eigenvalue weighted by atomic mass is 35.5. The van der Waals surface area contributed by atoms with Crippen molar-refractivity contribution >= 4 is 24.5 Å². The van der Waals surface area contributed by atoms with Gasteiger partial charge in [0.05, 0.1) is 7.11 Å². The number of esters is 1. The minimum Gasteiger partial charge on any atom is -0.497 e. The van der Waals surface area contributed by atoms with Crippen LogP contribution in [0.5, 0.6) is 5.75 Å². The second-order valence-corrected chi connectivity index (χ2v) is 5.50. The summed E-state index contributed by atoms with van der Waals surface area (Å²) in [4.78, 5) is 13.8. The van der Waals surface area contributed by atoms with Gasteiger partial charge < -0.3 is 9.47 Å². The molecule has 2 aromatic carbocycles. The molecule has 0 saturated heterocycles. The van der Waals surface area contributed by atoms with Crippen molar-refractivity contribution in [2.75, 3.05) is 27.3 Å². The van der Waals surface area contributed by atoms with Crippen molar-refractivity contribution in [2.24, 2.45) is 0 Å². The summed E-state index contributed by atoms with van der Waals surface area (Å²) < 4.78 is 10.3. The maximum absolute atomic E-state index is 11.7. The molecule has 134 valence electrons. The van der Waals surface area contributed by atoms with Gasteiger partial charge in [0.25, 0.3) is 0 Å². The standard InChI is InChI=1S/C20H23NO3.ClH/c1-21(16-18-6-4-3-5-7-18)14-15-24-20(22)13-10-17-8-11-19(23-2)12-9-17;/h3-13H,14-16H2,1-2H3;1H/b13-10+;. The molecular weight excluding hydrogens is 338 g/mol. The average Bonchev–Trinajstić information content (AvgIpc) is 2.61. The number of halogens is 1. The third kappa shape index (κ3) is 7.88. The fraction of sp³-hybridized carbons (Fsp3) is 0.250. The topological polar surface area (TPSA) is 38.8 Å². The molecule has 0 aliphatic carbocycles. The van der Waals surface area contributed by atoms with E-state index < -0.39 is 0 Å². The van der Waals surface area contributed by atoms with Crippen LogP contribution in [-0.2, 0) is 16.1 Å². The lowest BCUT2D eigenvalue weighted by Gasteiger charge is -2.16. The smallest absolute Gasteiger partial charge is 0.330 e. The summed E-state index contributed by atoms with van der Waals surface area (Å²) in [7, 11) is 3.63. The van der Waals surface area contributed by atoms with E-state index in [-0.39, 0.29) is 18.4 Å². The van der Waals surface area contributed by atoms with Crippen LogP contribution >= 0.6 is 12.4 Å². The third-order valence-corrected chi connectivity index (χ3v) is 3.54. The van der Waals surface area contributed by atoms with E-state index in [4.69, 9.17) is 9.47 Å². The Morgan fingerprint density at radius 1 is 1.08 bits per heavy atom. The predicted molar refractivity (Wildman–Crippen MR) is 103 cm³/mol. The Hall–Kier alpha value is -2.30.